The predicted octanol–water partition coefficient (Wildman–Crippen LogP) is 1.21. The second kappa shape index (κ2) is 4.84. The van der Waals surface area contributed by atoms with Crippen LogP contribution in [0.4, 0.5) is 0 Å². The summed E-state index contributed by atoms with van der Waals surface area (Å²) in [4.78, 5) is 4.13. The number of ether oxygens (including phenoxy) is 2. The molecule has 0 unspecified atom stereocenters. The molecule has 17 heavy (non-hydrogen) atoms. The standard InChI is InChI=1S/C11H13N3O3/c1-15-8-4-3-7(5-9(8)16-2)11-13-10(6-12)14-17-11/h3-5H,6,12H2,1-2H3. The first-order valence-corrected chi connectivity index (χ1v) is 5.03. The number of nitrogens with zero attached hydrogens (tertiary/aromatic N) is 2. The lowest BCUT2D eigenvalue weighted by atomic mass is 10.2. The van der Waals surface area contributed by atoms with Gasteiger partial charge in [-0.1, -0.05) is 5.16 Å². The molecule has 0 spiro atoms. The Morgan fingerprint density at radius 2 is 2.00 bits per heavy atom. The van der Waals surface area contributed by atoms with Crippen LogP contribution in [-0.2, 0) is 6.54 Å². The molecule has 0 aliphatic carbocycles. The third-order valence-corrected chi connectivity index (χ3v) is 2.28. The average Bonchev–Trinajstić information content (AvgIpc) is 2.86. The fraction of sp³-hybridized carbons (Fsp3) is 0.273. The summed E-state index contributed by atoms with van der Waals surface area (Å²) >= 11 is 0. The van der Waals surface area contributed by atoms with Gasteiger partial charge in [0.05, 0.1) is 20.8 Å². The van der Waals surface area contributed by atoms with Gasteiger partial charge in [0.25, 0.3) is 5.89 Å². The Balaban J connectivity index is 2.38. The van der Waals surface area contributed by atoms with Gasteiger partial charge in [0.15, 0.2) is 17.3 Å². The molecule has 2 aromatic rings. The molecule has 2 rings (SSSR count). The SMILES string of the molecule is COc1ccc(-c2nc(CN)no2)cc1OC. The van der Waals surface area contributed by atoms with E-state index in [2.05, 4.69) is 10.1 Å². The lowest BCUT2D eigenvalue weighted by molar-refractivity contribution is 0.355. The third kappa shape index (κ3) is 2.21. The molecule has 0 radical (unpaired) electrons. The van der Waals surface area contributed by atoms with Gasteiger partial charge in [0, 0.05) is 5.56 Å². The van der Waals surface area contributed by atoms with Gasteiger partial charge in [0.2, 0.25) is 0 Å². The van der Waals surface area contributed by atoms with E-state index in [-0.39, 0.29) is 6.54 Å². The van der Waals surface area contributed by atoms with Crippen molar-refractivity contribution in [1.29, 1.82) is 0 Å². The van der Waals surface area contributed by atoms with Crippen molar-refractivity contribution < 1.29 is 14.0 Å². The van der Waals surface area contributed by atoms with E-state index in [4.69, 9.17) is 19.7 Å². The van der Waals surface area contributed by atoms with E-state index in [0.29, 0.717) is 23.2 Å². The molecule has 0 aliphatic heterocycles. The molecule has 0 saturated heterocycles. The van der Waals surface area contributed by atoms with E-state index in [9.17, 15) is 0 Å². The Morgan fingerprint density at radius 3 is 2.59 bits per heavy atom. The van der Waals surface area contributed by atoms with Crippen LogP contribution in [0, 0.1) is 0 Å². The Bertz CT molecular complexity index is 510. The Kier molecular flexibility index (Phi) is 3.24. The van der Waals surface area contributed by atoms with Gasteiger partial charge in [0.1, 0.15) is 0 Å². The summed E-state index contributed by atoms with van der Waals surface area (Å²) in [7, 11) is 3.15. The zero-order valence-electron chi connectivity index (χ0n) is 9.64. The maximum Gasteiger partial charge on any atom is 0.258 e. The number of nitrogens with two attached hydrogens (primary N) is 1. The molecule has 1 aromatic heterocycles. The molecular weight excluding hydrogens is 222 g/mol. The van der Waals surface area contributed by atoms with Gasteiger partial charge in [-0.2, -0.15) is 4.98 Å². The lowest BCUT2D eigenvalue weighted by Crippen LogP contribution is -1.97. The first-order chi connectivity index (χ1) is 8.28. The largest absolute Gasteiger partial charge is 0.493 e. The van der Waals surface area contributed by atoms with Crippen molar-refractivity contribution in [2.75, 3.05) is 14.2 Å². The molecule has 90 valence electrons. The highest BCUT2D eigenvalue weighted by Crippen LogP contribution is 2.31. The van der Waals surface area contributed by atoms with Gasteiger partial charge in [-0.15, -0.1) is 0 Å². The highest BCUT2D eigenvalue weighted by molar-refractivity contribution is 5.59. The van der Waals surface area contributed by atoms with E-state index in [1.807, 2.05) is 6.07 Å². The number of methoxy groups -OCH3 is 2. The molecule has 0 aliphatic rings. The number of hydrogen-bond acceptors (Lipinski definition) is 6. The monoisotopic (exact) mass is 235 g/mol. The average molecular weight is 235 g/mol. The molecule has 0 saturated carbocycles. The maximum absolute atomic E-state index is 5.41. The molecule has 1 heterocycles. The molecule has 6 nitrogen and oxygen atoms in total. The van der Waals surface area contributed by atoms with Crippen LogP contribution in [0.5, 0.6) is 11.5 Å². The van der Waals surface area contributed by atoms with E-state index < -0.39 is 0 Å². The van der Waals surface area contributed by atoms with Gasteiger partial charge < -0.3 is 19.7 Å². The lowest BCUT2D eigenvalue weighted by Gasteiger charge is -2.07. The number of aromatic nitrogens is 2. The minimum atomic E-state index is 0.247. The summed E-state index contributed by atoms with van der Waals surface area (Å²) in [6.07, 6.45) is 0. The van der Waals surface area contributed by atoms with Crippen molar-refractivity contribution in [3.63, 3.8) is 0 Å². The maximum atomic E-state index is 5.41. The van der Waals surface area contributed by atoms with Crippen molar-refractivity contribution in [2.24, 2.45) is 5.73 Å². The fourth-order valence-corrected chi connectivity index (χ4v) is 1.42. The van der Waals surface area contributed by atoms with Crippen LogP contribution < -0.4 is 15.2 Å². The highest BCUT2D eigenvalue weighted by atomic mass is 16.5. The topological polar surface area (TPSA) is 83.4 Å². The van der Waals surface area contributed by atoms with Crippen LogP contribution in [0.15, 0.2) is 22.7 Å². The summed E-state index contributed by atoms with van der Waals surface area (Å²) in [5.41, 5.74) is 6.17. The van der Waals surface area contributed by atoms with Crippen molar-refractivity contribution in [3.05, 3.63) is 24.0 Å². The zero-order valence-corrected chi connectivity index (χ0v) is 9.64. The van der Waals surface area contributed by atoms with Gasteiger partial charge in [-0.25, -0.2) is 0 Å². The number of hydrogen-bond donors (Lipinski definition) is 1. The van der Waals surface area contributed by atoms with E-state index in [1.54, 1.807) is 26.4 Å². The summed E-state index contributed by atoms with van der Waals surface area (Å²) in [5.74, 6) is 2.13. The molecule has 0 atom stereocenters. The number of benzene rings is 1. The van der Waals surface area contributed by atoms with E-state index in [1.165, 1.54) is 0 Å². The molecular formula is C11H13N3O3. The van der Waals surface area contributed by atoms with Gasteiger partial charge in [-0.3, -0.25) is 0 Å². The smallest absolute Gasteiger partial charge is 0.258 e. The summed E-state index contributed by atoms with van der Waals surface area (Å²) in [6.45, 7) is 0.247. The molecule has 0 bridgehead atoms. The van der Waals surface area contributed by atoms with Crippen LogP contribution >= 0.6 is 0 Å². The Hall–Kier alpha value is -2.08. The van der Waals surface area contributed by atoms with Crippen LogP contribution in [0.1, 0.15) is 5.82 Å². The van der Waals surface area contributed by atoms with Crippen molar-refractivity contribution in [2.45, 2.75) is 6.54 Å². The second-order valence-corrected chi connectivity index (χ2v) is 3.29. The predicted molar refractivity (Wildman–Crippen MR) is 60.7 cm³/mol. The molecule has 0 fully saturated rings. The first-order valence-electron chi connectivity index (χ1n) is 5.03. The van der Waals surface area contributed by atoms with Gasteiger partial charge >= 0.3 is 0 Å². The fourth-order valence-electron chi connectivity index (χ4n) is 1.42. The molecule has 2 N–H and O–H groups in total. The third-order valence-electron chi connectivity index (χ3n) is 2.28. The normalized spacial score (nSPS) is 10.3. The minimum absolute atomic E-state index is 0.247. The second-order valence-electron chi connectivity index (χ2n) is 3.29. The van der Waals surface area contributed by atoms with Crippen LogP contribution in [0.3, 0.4) is 0 Å². The van der Waals surface area contributed by atoms with E-state index in [0.717, 1.165) is 5.56 Å². The van der Waals surface area contributed by atoms with Crippen molar-refractivity contribution in [1.82, 2.24) is 10.1 Å². The molecule has 1 aromatic carbocycles. The van der Waals surface area contributed by atoms with Crippen LogP contribution in [0.25, 0.3) is 11.5 Å². The minimum Gasteiger partial charge on any atom is -0.493 e. The van der Waals surface area contributed by atoms with Crippen LogP contribution in [0.2, 0.25) is 0 Å². The summed E-state index contributed by atoms with van der Waals surface area (Å²) < 4.78 is 15.4. The van der Waals surface area contributed by atoms with Gasteiger partial charge in [-0.05, 0) is 18.2 Å². The first kappa shape index (κ1) is 11.4. The Morgan fingerprint density at radius 1 is 1.24 bits per heavy atom. The van der Waals surface area contributed by atoms with Crippen molar-refractivity contribution in [3.8, 4) is 23.0 Å². The molecule has 6 heteroatoms. The summed E-state index contributed by atoms with van der Waals surface area (Å²) in [5, 5.41) is 3.73. The summed E-state index contributed by atoms with van der Waals surface area (Å²) in [6, 6.07) is 5.36. The quantitative estimate of drug-likeness (QED) is 0.857. The van der Waals surface area contributed by atoms with Crippen LogP contribution in [-0.4, -0.2) is 24.4 Å². The van der Waals surface area contributed by atoms with E-state index >= 15 is 0 Å². The zero-order chi connectivity index (χ0) is 12.3. The molecule has 0 amide bonds. The highest BCUT2D eigenvalue weighted by Gasteiger charge is 2.11. The Labute approximate surface area is 98.3 Å². The van der Waals surface area contributed by atoms with Crippen molar-refractivity contribution >= 4 is 0 Å². The number of rotatable bonds is 4.